The van der Waals surface area contributed by atoms with Gasteiger partial charge in [-0.2, -0.15) is 5.26 Å². The Morgan fingerprint density at radius 3 is 2.76 bits per heavy atom. The van der Waals surface area contributed by atoms with Gasteiger partial charge in [0.15, 0.2) is 5.78 Å². The van der Waals surface area contributed by atoms with Crippen LogP contribution in [-0.4, -0.2) is 26.5 Å². The predicted octanol–water partition coefficient (Wildman–Crippen LogP) is 4.46. The zero-order valence-electron chi connectivity index (χ0n) is 16.2. The summed E-state index contributed by atoms with van der Waals surface area (Å²) in [6.45, 7) is 0. The number of pyridine rings is 1. The van der Waals surface area contributed by atoms with E-state index in [0.29, 0.717) is 31.2 Å². The summed E-state index contributed by atoms with van der Waals surface area (Å²) in [5.74, 6) is 0.0408. The summed E-state index contributed by atoms with van der Waals surface area (Å²) in [6, 6.07) is 12.1. The number of carbonyl (C=O) groups excluding carboxylic acids is 1. The molecule has 1 aliphatic carbocycles. The van der Waals surface area contributed by atoms with E-state index in [1.54, 1.807) is 6.20 Å². The van der Waals surface area contributed by atoms with E-state index in [1.165, 1.54) is 0 Å². The Morgan fingerprint density at radius 2 is 2.10 bits per heavy atom. The highest BCUT2D eigenvalue weighted by atomic mass is 79.9. The second-order valence-corrected chi connectivity index (χ2v) is 8.81. The topological polar surface area (TPSA) is 78.9 Å². The van der Waals surface area contributed by atoms with Gasteiger partial charge < -0.3 is 9.67 Å². The van der Waals surface area contributed by atoms with E-state index < -0.39 is 5.41 Å². The van der Waals surface area contributed by atoms with Crippen molar-refractivity contribution in [3.05, 3.63) is 64.0 Å². The molecule has 1 N–H and O–H groups in total. The number of ketones is 1. The Morgan fingerprint density at radius 1 is 1.34 bits per heavy atom. The molecule has 4 rings (SSSR count). The zero-order valence-corrected chi connectivity index (χ0v) is 17.8. The minimum atomic E-state index is -0.635. The highest BCUT2D eigenvalue weighted by Gasteiger charge is 2.37. The number of carbonyl (C=O) groups is 1. The van der Waals surface area contributed by atoms with Crippen molar-refractivity contribution in [1.29, 1.82) is 5.26 Å². The van der Waals surface area contributed by atoms with Gasteiger partial charge in [-0.15, -0.1) is 0 Å². The summed E-state index contributed by atoms with van der Waals surface area (Å²) in [4.78, 5) is 17.5. The van der Waals surface area contributed by atoms with Gasteiger partial charge in [0.25, 0.3) is 0 Å². The van der Waals surface area contributed by atoms with Crippen LogP contribution in [0.15, 0.2) is 47.2 Å². The SMILES string of the molecule is Cn1cc(C(=O)Cc2ccc(C3(C#N)CCC(O)CC3)nc2)c2cc(Br)ccc21. The third-order valence-electron chi connectivity index (χ3n) is 5.95. The molecule has 29 heavy (non-hydrogen) atoms. The first-order valence-corrected chi connectivity index (χ1v) is 10.5. The monoisotopic (exact) mass is 451 g/mol. The number of benzene rings is 1. The third kappa shape index (κ3) is 3.73. The van der Waals surface area contributed by atoms with Gasteiger partial charge in [-0.05, 0) is 55.5 Å². The van der Waals surface area contributed by atoms with E-state index in [9.17, 15) is 15.2 Å². The molecule has 0 unspecified atom stereocenters. The van der Waals surface area contributed by atoms with Gasteiger partial charge in [0.2, 0.25) is 0 Å². The molecular formula is C23H22BrN3O2. The standard InChI is InChI=1S/C23H22BrN3O2/c1-27-13-19(18-11-16(24)3-4-20(18)27)21(29)10-15-2-5-22(26-12-15)23(14-25)8-6-17(28)7-9-23/h2-5,11-13,17,28H,6-10H2,1H3. The highest BCUT2D eigenvalue weighted by molar-refractivity contribution is 9.10. The van der Waals surface area contributed by atoms with Crippen molar-refractivity contribution in [1.82, 2.24) is 9.55 Å². The average molecular weight is 452 g/mol. The first kappa shape index (κ1) is 19.8. The van der Waals surface area contributed by atoms with E-state index in [1.807, 2.05) is 48.1 Å². The number of aryl methyl sites for hydroxylation is 1. The molecule has 1 aliphatic rings. The Hall–Kier alpha value is -2.49. The second kappa shape index (κ2) is 7.74. The minimum absolute atomic E-state index is 0.0408. The Labute approximate surface area is 178 Å². The van der Waals surface area contributed by atoms with Gasteiger partial charge in [-0.25, -0.2) is 0 Å². The number of hydrogen-bond acceptors (Lipinski definition) is 4. The Kier molecular flexibility index (Phi) is 5.28. The van der Waals surface area contributed by atoms with Gasteiger partial charge in [0.05, 0.1) is 23.3 Å². The number of Topliss-reactive ketones (excluding diaryl/α,β-unsaturated/α-hetero) is 1. The normalized spacial score (nSPS) is 21.8. The Bertz CT molecular complexity index is 1100. The molecule has 2 heterocycles. The van der Waals surface area contributed by atoms with E-state index >= 15 is 0 Å². The smallest absolute Gasteiger partial charge is 0.169 e. The van der Waals surface area contributed by atoms with Crippen LogP contribution in [0.25, 0.3) is 10.9 Å². The number of nitrogens with zero attached hydrogens (tertiary/aromatic N) is 3. The van der Waals surface area contributed by atoms with Crippen LogP contribution in [0.5, 0.6) is 0 Å². The zero-order chi connectivity index (χ0) is 20.6. The molecule has 1 aromatic carbocycles. The van der Waals surface area contributed by atoms with Crippen molar-refractivity contribution in [2.75, 3.05) is 0 Å². The molecule has 5 nitrogen and oxygen atoms in total. The van der Waals surface area contributed by atoms with E-state index in [2.05, 4.69) is 27.0 Å². The van der Waals surface area contributed by atoms with Crippen LogP contribution < -0.4 is 0 Å². The third-order valence-corrected chi connectivity index (χ3v) is 6.45. The summed E-state index contributed by atoms with van der Waals surface area (Å²) < 4.78 is 2.90. The lowest BCUT2D eigenvalue weighted by atomic mass is 9.72. The van der Waals surface area contributed by atoms with Crippen LogP contribution in [0.3, 0.4) is 0 Å². The molecule has 0 amide bonds. The lowest BCUT2D eigenvalue weighted by Crippen LogP contribution is -2.33. The molecule has 1 fully saturated rings. The van der Waals surface area contributed by atoms with Gasteiger partial charge in [0.1, 0.15) is 0 Å². The van der Waals surface area contributed by atoms with Gasteiger partial charge in [-0.1, -0.05) is 22.0 Å². The number of aliphatic hydroxyl groups excluding tert-OH is 1. The van der Waals surface area contributed by atoms with Gasteiger partial charge in [0, 0.05) is 46.8 Å². The molecule has 0 saturated heterocycles. The van der Waals surface area contributed by atoms with Crippen LogP contribution in [-0.2, 0) is 18.9 Å². The maximum atomic E-state index is 13.0. The highest BCUT2D eigenvalue weighted by Crippen LogP contribution is 2.38. The molecule has 0 atom stereocenters. The Balaban J connectivity index is 1.56. The summed E-state index contributed by atoms with van der Waals surface area (Å²) in [6.07, 6.45) is 5.98. The fourth-order valence-electron chi connectivity index (χ4n) is 4.20. The molecule has 0 bridgehead atoms. The van der Waals surface area contributed by atoms with Crippen molar-refractivity contribution in [2.45, 2.75) is 43.6 Å². The van der Waals surface area contributed by atoms with E-state index in [-0.39, 0.29) is 18.3 Å². The van der Waals surface area contributed by atoms with Crippen LogP contribution in [0.2, 0.25) is 0 Å². The predicted molar refractivity (Wildman–Crippen MR) is 115 cm³/mol. The quantitative estimate of drug-likeness (QED) is 0.593. The van der Waals surface area contributed by atoms with Crippen molar-refractivity contribution in [2.24, 2.45) is 7.05 Å². The molecule has 3 aromatic rings. The van der Waals surface area contributed by atoms with Crippen molar-refractivity contribution in [3.8, 4) is 6.07 Å². The van der Waals surface area contributed by atoms with Crippen LogP contribution in [0.4, 0.5) is 0 Å². The lowest BCUT2D eigenvalue weighted by Gasteiger charge is -2.32. The first-order valence-electron chi connectivity index (χ1n) is 9.74. The second-order valence-electron chi connectivity index (χ2n) is 7.89. The summed E-state index contributed by atoms with van der Waals surface area (Å²) in [5, 5.41) is 20.4. The maximum absolute atomic E-state index is 13.0. The van der Waals surface area contributed by atoms with E-state index in [4.69, 9.17) is 0 Å². The molecule has 2 aromatic heterocycles. The largest absolute Gasteiger partial charge is 0.393 e. The maximum Gasteiger partial charge on any atom is 0.169 e. The molecule has 6 heteroatoms. The number of aromatic nitrogens is 2. The molecule has 0 aliphatic heterocycles. The van der Waals surface area contributed by atoms with Gasteiger partial charge in [-0.3, -0.25) is 9.78 Å². The van der Waals surface area contributed by atoms with Crippen molar-refractivity contribution in [3.63, 3.8) is 0 Å². The number of hydrogen-bond donors (Lipinski definition) is 1. The van der Waals surface area contributed by atoms with Crippen LogP contribution >= 0.6 is 15.9 Å². The van der Waals surface area contributed by atoms with Gasteiger partial charge >= 0.3 is 0 Å². The fraction of sp³-hybridized carbons (Fsp3) is 0.348. The molecule has 0 spiro atoms. The number of nitriles is 1. The van der Waals surface area contributed by atoms with Crippen molar-refractivity contribution >= 4 is 32.6 Å². The molecular weight excluding hydrogens is 430 g/mol. The van der Waals surface area contributed by atoms with Crippen LogP contribution in [0.1, 0.15) is 47.3 Å². The lowest BCUT2D eigenvalue weighted by molar-refractivity contribution is 0.0993. The molecule has 1 saturated carbocycles. The minimum Gasteiger partial charge on any atom is -0.393 e. The van der Waals surface area contributed by atoms with Crippen LogP contribution in [0, 0.1) is 11.3 Å². The number of fused-ring (bicyclic) bond motifs is 1. The number of aliphatic hydroxyl groups is 1. The summed E-state index contributed by atoms with van der Waals surface area (Å²) in [5.41, 5.74) is 2.64. The fourth-order valence-corrected chi connectivity index (χ4v) is 4.56. The average Bonchev–Trinajstić information content (AvgIpc) is 3.05. The first-order chi connectivity index (χ1) is 13.9. The molecule has 0 radical (unpaired) electrons. The van der Waals surface area contributed by atoms with E-state index in [0.717, 1.165) is 26.6 Å². The number of halogens is 1. The number of rotatable bonds is 4. The molecule has 148 valence electrons. The summed E-state index contributed by atoms with van der Waals surface area (Å²) in [7, 11) is 1.94. The summed E-state index contributed by atoms with van der Waals surface area (Å²) >= 11 is 3.48. The van der Waals surface area contributed by atoms with Crippen molar-refractivity contribution < 1.29 is 9.90 Å².